The Morgan fingerprint density at radius 3 is 2.46 bits per heavy atom. The van der Waals surface area contributed by atoms with Crippen molar-refractivity contribution in [2.24, 2.45) is 5.73 Å². The monoisotopic (exact) mass is 185 g/mol. The van der Waals surface area contributed by atoms with E-state index in [1.807, 2.05) is 13.8 Å². The van der Waals surface area contributed by atoms with Crippen molar-refractivity contribution < 1.29 is 1.43 Å². The molecule has 1 rings (SSSR count). The Morgan fingerprint density at radius 1 is 1.46 bits per heavy atom. The molecule has 0 fully saturated rings. The molecule has 0 aliphatic heterocycles. The first-order chi connectivity index (χ1) is 5.88. The summed E-state index contributed by atoms with van der Waals surface area (Å²) in [5, 5.41) is 0. The molecule has 0 atom stereocenters. The normalized spacial score (nSPS) is 14.5. The van der Waals surface area contributed by atoms with Gasteiger partial charge in [-0.25, -0.2) is 0 Å². The van der Waals surface area contributed by atoms with Crippen LogP contribution in [0.25, 0.3) is 0 Å². The van der Waals surface area contributed by atoms with E-state index in [0.717, 1.165) is 6.42 Å². The van der Waals surface area contributed by atoms with E-state index in [1.165, 1.54) is 18.4 Å². The molecule has 1 aliphatic carbocycles. The molecule has 0 heterocycles. The summed E-state index contributed by atoms with van der Waals surface area (Å²) in [4.78, 5) is 0. The maximum Gasteiger partial charge on any atom is 0.0177 e. The molecule has 80 valence electrons. The van der Waals surface area contributed by atoms with Gasteiger partial charge in [0.05, 0.1) is 0 Å². The minimum absolute atomic E-state index is 0. The van der Waals surface area contributed by atoms with Crippen LogP contribution in [-0.4, -0.2) is 6.54 Å². The Kier molecular flexibility index (Phi) is 10.9. The van der Waals surface area contributed by atoms with Gasteiger partial charge in [0, 0.05) is 7.97 Å². The van der Waals surface area contributed by atoms with E-state index in [0.29, 0.717) is 6.54 Å². The van der Waals surface area contributed by atoms with Crippen molar-refractivity contribution in [2.45, 2.75) is 47.5 Å². The summed E-state index contributed by atoms with van der Waals surface area (Å²) in [6.45, 7) is 6.91. The lowest BCUT2D eigenvalue weighted by Crippen LogP contribution is -2.06. The van der Waals surface area contributed by atoms with E-state index in [1.54, 1.807) is 5.57 Å². The van der Waals surface area contributed by atoms with E-state index in [-0.39, 0.29) is 8.85 Å². The maximum atomic E-state index is 5.56. The fourth-order valence-electron chi connectivity index (χ4n) is 1.38. The lowest BCUT2D eigenvalue weighted by molar-refractivity contribution is 0.863. The van der Waals surface area contributed by atoms with Crippen LogP contribution in [-0.2, 0) is 0 Å². The van der Waals surface area contributed by atoms with Gasteiger partial charge >= 0.3 is 0 Å². The van der Waals surface area contributed by atoms with E-state index >= 15 is 0 Å². The summed E-state index contributed by atoms with van der Waals surface area (Å²) < 4.78 is 0. The third-order valence-electron chi connectivity index (χ3n) is 2.03. The third kappa shape index (κ3) is 4.89. The van der Waals surface area contributed by atoms with Gasteiger partial charge in [0.1, 0.15) is 0 Å². The first kappa shape index (κ1) is 14.9. The van der Waals surface area contributed by atoms with Crippen LogP contribution in [0.3, 0.4) is 0 Å². The SMILES string of the molecule is C.CC.CCC1=C(CN)C=CCC1.[HH]. The van der Waals surface area contributed by atoms with Crippen LogP contribution in [0.15, 0.2) is 23.3 Å². The zero-order chi connectivity index (χ0) is 9.40. The fourth-order valence-corrected chi connectivity index (χ4v) is 1.38. The van der Waals surface area contributed by atoms with Gasteiger partial charge in [-0.1, -0.05) is 45.9 Å². The molecule has 1 heteroatoms. The van der Waals surface area contributed by atoms with Gasteiger partial charge in [-0.05, 0) is 24.8 Å². The molecule has 0 aromatic heterocycles. The Hall–Kier alpha value is -0.560. The van der Waals surface area contributed by atoms with Crippen molar-refractivity contribution in [1.82, 2.24) is 0 Å². The second-order valence-electron chi connectivity index (χ2n) is 2.63. The van der Waals surface area contributed by atoms with Gasteiger partial charge in [-0.2, -0.15) is 0 Å². The Balaban J connectivity index is -0.000000284. The predicted octanol–water partition coefficient (Wildman–Crippen LogP) is 3.91. The lowest BCUT2D eigenvalue weighted by atomic mass is 9.96. The van der Waals surface area contributed by atoms with Crippen molar-refractivity contribution in [3.05, 3.63) is 23.3 Å². The highest BCUT2D eigenvalue weighted by Gasteiger charge is 2.03. The van der Waals surface area contributed by atoms with E-state index in [4.69, 9.17) is 5.73 Å². The molecule has 0 unspecified atom stereocenters. The van der Waals surface area contributed by atoms with Gasteiger partial charge in [-0.15, -0.1) is 0 Å². The third-order valence-corrected chi connectivity index (χ3v) is 2.03. The molecule has 0 aromatic rings. The van der Waals surface area contributed by atoms with Crippen molar-refractivity contribution in [3.8, 4) is 0 Å². The Bertz CT molecular complexity index is 171. The fraction of sp³-hybridized carbons (Fsp3) is 0.667. The molecule has 13 heavy (non-hydrogen) atoms. The van der Waals surface area contributed by atoms with Crippen LogP contribution in [0.4, 0.5) is 0 Å². The van der Waals surface area contributed by atoms with Crippen molar-refractivity contribution in [2.75, 3.05) is 6.54 Å². The molecule has 1 nitrogen and oxygen atoms in total. The van der Waals surface area contributed by atoms with Gasteiger partial charge in [0.15, 0.2) is 0 Å². The molecule has 0 radical (unpaired) electrons. The molecule has 2 N–H and O–H groups in total. The number of hydrogen-bond donors (Lipinski definition) is 1. The first-order valence-corrected chi connectivity index (χ1v) is 4.96. The molecule has 0 spiro atoms. The van der Waals surface area contributed by atoms with Crippen LogP contribution >= 0.6 is 0 Å². The van der Waals surface area contributed by atoms with E-state index in [9.17, 15) is 0 Å². The topological polar surface area (TPSA) is 26.0 Å². The number of nitrogens with two attached hydrogens (primary N) is 1. The number of rotatable bonds is 2. The average Bonchev–Trinajstić information content (AvgIpc) is 2.20. The largest absolute Gasteiger partial charge is 0.326 e. The van der Waals surface area contributed by atoms with Crippen LogP contribution in [0, 0.1) is 0 Å². The van der Waals surface area contributed by atoms with Gasteiger partial charge in [0.25, 0.3) is 0 Å². The predicted molar refractivity (Wildman–Crippen MR) is 64.9 cm³/mol. The highest BCUT2D eigenvalue weighted by atomic mass is 14.5. The smallest absolute Gasteiger partial charge is 0.0177 e. The molecule has 0 saturated heterocycles. The molecule has 1 aliphatic rings. The molecule has 0 saturated carbocycles. The summed E-state index contributed by atoms with van der Waals surface area (Å²) in [7, 11) is 0. The summed E-state index contributed by atoms with van der Waals surface area (Å²) in [6, 6.07) is 0. The highest BCUT2D eigenvalue weighted by Crippen LogP contribution is 2.20. The second-order valence-corrected chi connectivity index (χ2v) is 2.63. The summed E-state index contributed by atoms with van der Waals surface area (Å²) >= 11 is 0. The summed E-state index contributed by atoms with van der Waals surface area (Å²) in [5.74, 6) is 0. The summed E-state index contributed by atoms with van der Waals surface area (Å²) in [6.07, 6.45) is 7.97. The zero-order valence-electron chi connectivity index (χ0n) is 8.56. The lowest BCUT2D eigenvalue weighted by Gasteiger charge is -2.12. The van der Waals surface area contributed by atoms with E-state index < -0.39 is 0 Å². The number of allylic oxidation sites excluding steroid dienone is 2. The minimum atomic E-state index is 0. The van der Waals surface area contributed by atoms with Crippen LogP contribution in [0.2, 0.25) is 0 Å². The van der Waals surface area contributed by atoms with Crippen molar-refractivity contribution in [1.29, 1.82) is 0 Å². The summed E-state index contributed by atoms with van der Waals surface area (Å²) in [5.41, 5.74) is 8.46. The van der Waals surface area contributed by atoms with Gasteiger partial charge in [-0.3, -0.25) is 0 Å². The van der Waals surface area contributed by atoms with E-state index in [2.05, 4.69) is 19.1 Å². The average molecular weight is 185 g/mol. The first-order valence-electron chi connectivity index (χ1n) is 4.96. The molecule has 0 bridgehead atoms. The highest BCUT2D eigenvalue weighted by molar-refractivity contribution is 5.30. The Labute approximate surface area is 85.2 Å². The maximum absolute atomic E-state index is 5.56. The van der Waals surface area contributed by atoms with Crippen LogP contribution in [0.1, 0.15) is 48.9 Å². The van der Waals surface area contributed by atoms with Crippen molar-refractivity contribution >= 4 is 0 Å². The van der Waals surface area contributed by atoms with Gasteiger partial charge in [0.2, 0.25) is 0 Å². The quantitative estimate of drug-likeness (QED) is 0.693. The van der Waals surface area contributed by atoms with Crippen LogP contribution < -0.4 is 5.73 Å². The van der Waals surface area contributed by atoms with Crippen LogP contribution in [0.5, 0.6) is 0 Å². The van der Waals surface area contributed by atoms with Gasteiger partial charge < -0.3 is 5.73 Å². The second kappa shape index (κ2) is 9.53. The zero-order valence-corrected chi connectivity index (χ0v) is 8.56. The van der Waals surface area contributed by atoms with Crippen molar-refractivity contribution in [3.63, 3.8) is 0 Å². The molecule has 0 aromatic carbocycles. The molecular weight excluding hydrogens is 158 g/mol. The minimum Gasteiger partial charge on any atom is -0.326 e. The molecular formula is C12H27N. The Morgan fingerprint density at radius 2 is 2.08 bits per heavy atom. The standard InChI is InChI=1S/C9H15N.C2H6.CH4.H2/c1-2-8-5-3-4-6-9(8)7-10;1-2;;/h4,6H,2-3,5,7,10H2,1H3;1-2H3;1H4;1H. The molecule has 0 amide bonds. The number of hydrogen-bond acceptors (Lipinski definition) is 1.